The summed E-state index contributed by atoms with van der Waals surface area (Å²) in [6, 6.07) is 21.5. The third-order valence-corrected chi connectivity index (χ3v) is 9.23. The van der Waals surface area contributed by atoms with Crippen molar-refractivity contribution in [3.8, 4) is 5.75 Å². The molecule has 1 unspecified atom stereocenters. The molecule has 8 rings (SSSR count). The second-order valence-corrected chi connectivity index (χ2v) is 11.7. The molecule has 0 saturated carbocycles. The highest BCUT2D eigenvalue weighted by Gasteiger charge is 2.66. The number of rotatable bonds is 5. The fourth-order valence-corrected chi connectivity index (χ4v) is 7.38. The molecule has 4 aromatic carbocycles. The molecule has 4 heterocycles. The van der Waals surface area contributed by atoms with Crippen molar-refractivity contribution >= 4 is 55.2 Å². The second-order valence-electron chi connectivity index (χ2n) is 10.7. The maximum absolute atomic E-state index is 15.0. The zero-order valence-corrected chi connectivity index (χ0v) is 24.4. The Morgan fingerprint density at radius 1 is 0.956 bits per heavy atom. The Morgan fingerprint density at radius 3 is 2.58 bits per heavy atom. The maximum atomic E-state index is 15.0. The van der Waals surface area contributed by atoms with Crippen LogP contribution in [0.15, 0.2) is 94.1 Å². The van der Waals surface area contributed by atoms with Gasteiger partial charge in [0.25, 0.3) is 11.8 Å². The summed E-state index contributed by atoms with van der Waals surface area (Å²) in [6.07, 6.45) is 0. The van der Waals surface area contributed by atoms with E-state index in [0.717, 1.165) is 23.5 Å². The monoisotopic (exact) mass is 621 g/mol. The Hall–Kier alpha value is -5.42. The smallest absolute Gasteiger partial charge is 0.297 e. The number of halogens is 2. The number of thiazole rings is 1. The maximum Gasteiger partial charge on any atom is 0.297 e. The summed E-state index contributed by atoms with van der Waals surface area (Å²) in [4.78, 5) is 51.1. The van der Waals surface area contributed by atoms with Crippen LogP contribution in [0, 0.1) is 11.6 Å². The van der Waals surface area contributed by atoms with Crippen LogP contribution in [0.3, 0.4) is 0 Å². The minimum absolute atomic E-state index is 0.00176. The highest BCUT2D eigenvalue weighted by Crippen LogP contribution is 2.55. The highest BCUT2D eigenvalue weighted by molar-refractivity contribution is 7.22. The third-order valence-electron chi connectivity index (χ3n) is 8.22. The van der Waals surface area contributed by atoms with E-state index in [9.17, 15) is 18.4 Å². The van der Waals surface area contributed by atoms with E-state index >= 15 is 4.79 Å². The Labute approximate surface area is 257 Å². The van der Waals surface area contributed by atoms with Crippen LogP contribution < -0.4 is 20.0 Å². The molecule has 2 aliphatic heterocycles. The number of anilines is 2. The third kappa shape index (κ3) is 3.73. The van der Waals surface area contributed by atoms with Crippen LogP contribution in [-0.4, -0.2) is 23.4 Å². The highest BCUT2D eigenvalue weighted by atomic mass is 32.1. The van der Waals surface area contributed by atoms with Crippen LogP contribution in [0.5, 0.6) is 5.75 Å². The van der Waals surface area contributed by atoms with Crippen molar-refractivity contribution in [2.45, 2.75) is 19.0 Å². The van der Waals surface area contributed by atoms with Gasteiger partial charge in [-0.05, 0) is 55.5 Å². The number of carbonyl (C=O) groups is 2. The van der Waals surface area contributed by atoms with Gasteiger partial charge >= 0.3 is 0 Å². The van der Waals surface area contributed by atoms with E-state index in [1.807, 2.05) is 6.92 Å². The van der Waals surface area contributed by atoms with Crippen LogP contribution in [0.25, 0.3) is 21.2 Å². The lowest BCUT2D eigenvalue weighted by atomic mass is 9.84. The minimum atomic E-state index is -2.06. The molecule has 1 atom stereocenters. The molecule has 0 N–H and O–H groups in total. The zero-order chi connectivity index (χ0) is 31.0. The first-order chi connectivity index (χ1) is 21.8. The molecule has 0 saturated heterocycles. The van der Waals surface area contributed by atoms with Gasteiger partial charge in [-0.25, -0.2) is 13.8 Å². The molecule has 2 aliphatic rings. The topological polar surface area (TPSA) is 93.0 Å². The molecule has 45 heavy (non-hydrogen) atoms. The number of carbonyl (C=O) groups excluding carboxylic acids is 2. The van der Waals surface area contributed by atoms with E-state index in [4.69, 9.17) is 14.1 Å². The van der Waals surface area contributed by atoms with E-state index in [1.54, 1.807) is 60.7 Å². The summed E-state index contributed by atoms with van der Waals surface area (Å²) in [5.74, 6) is -2.36. The molecule has 0 bridgehead atoms. The normalized spacial score (nSPS) is 17.1. The van der Waals surface area contributed by atoms with Crippen LogP contribution in [0.1, 0.15) is 34.2 Å². The quantitative estimate of drug-likeness (QED) is 0.217. The van der Waals surface area contributed by atoms with Gasteiger partial charge < -0.3 is 14.1 Å². The van der Waals surface area contributed by atoms with Gasteiger partial charge in [0.2, 0.25) is 5.76 Å². The van der Waals surface area contributed by atoms with Gasteiger partial charge in [-0.15, -0.1) is 0 Å². The van der Waals surface area contributed by atoms with Crippen molar-refractivity contribution < 1.29 is 27.5 Å². The molecule has 0 fully saturated rings. The number of hydrogen-bond acceptors (Lipinski definition) is 7. The molecule has 0 radical (unpaired) electrons. The van der Waals surface area contributed by atoms with Crippen LogP contribution in [0.2, 0.25) is 0 Å². The first-order valence-electron chi connectivity index (χ1n) is 14.1. The lowest BCUT2D eigenvalue weighted by molar-refractivity contribution is -0.121. The van der Waals surface area contributed by atoms with Gasteiger partial charge in [0, 0.05) is 11.1 Å². The molecule has 8 nitrogen and oxygen atoms in total. The number of amides is 2. The Morgan fingerprint density at radius 2 is 1.76 bits per heavy atom. The summed E-state index contributed by atoms with van der Waals surface area (Å²) in [5.41, 5.74) is -1.54. The van der Waals surface area contributed by atoms with Gasteiger partial charge in [-0.2, -0.15) is 0 Å². The lowest BCUT2D eigenvalue weighted by Crippen LogP contribution is -2.53. The first kappa shape index (κ1) is 27.2. The molecular weight excluding hydrogens is 600 g/mol. The molecule has 11 heteroatoms. The van der Waals surface area contributed by atoms with Crippen molar-refractivity contribution in [2.24, 2.45) is 0 Å². The van der Waals surface area contributed by atoms with Crippen LogP contribution >= 0.6 is 11.3 Å². The standard InChI is InChI=1S/C34H21F2N3O5S/c1-2-43-20-12-13-24-27(16-20)45-33(37-24)39-31(41)30-28(29(40)21-15-19(35)11-14-26(21)44-30)34(39)22-8-4-6-10-25(22)38(32(34)42)17-18-7-3-5-9-23(18)36/h3-16H,2,17H2,1H3. The zero-order valence-electron chi connectivity index (χ0n) is 23.5. The lowest BCUT2D eigenvalue weighted by Gasteiger charge is -2.32. The molecule has 222 valence electrons. The van der Waals surface area contributed by atoms with Crippen molar-refractivity contribution in [2.75, 3.05) is 16.4 Å². The van der Waals surface area contributed by atoms with Gasteiger partial charge in [0.1, 0.15) is 23.0 Å². The molecule has 2 amide bonds. The Balaban J connectivity index is 1.43. The first-order valence-corrected chi connectivity index (χ1v) is 14.9. The van der Waals surface area contributed by atoms with Crippen molar-refractivity contribution in [3.05, 3.63) is 129 Å². The minimum Gasteiger partial charge on any atom is -0.494 e. The summed E-state index contributed by atoms with van der Waals surface area (Å²) in [6.45, 7) is 2.14. The van der Waals surface area contributed by atoms with Crippen molar-refractivity contribution in [3.63, 3.8) is 0 Å². The average molecular weight is 622 g/mol. The molecule has 6 aromatic rings. The van der Waals surface area contributed by atoms with E-state index in [-0.39, 0.29) is 39.5 Å². The molecule has 2 aromatic heterocycles. The largest absolute Gasteiger partial charge is 0.494 e. The number of benzene rings is 4. The summed E-state index contributed by atoms with van der Waals surface area (Å²) < 4.78 is 41.7. The predicted octanol–water partition coefficient (Wildman–Crippen LogP) is 6.53. The predicted molar refractivity (Wildman–Crippen MR) is 165 cm³/mol. The number of hydrogen-bond donors (Lipinski definition) is 0. The fourth-order valence-electron chi connectivity index (χ4n) is 6.33. The molecular formula is C34H21F2N3O5S. The van der Waals surface area contributed by atoms with E-state index in [1.165, 1.54) is 21.9 Å². The van der Waals surface area contributed by atoms with Crippen molar-refractivity contribution in [1.29, 1.82) is 0 Å². The summed E-state index contributed by atoms with van der Waals surface area (Å²) >= 11 is 1.15. The van der Waals surface area contributed by atoms with Gasteiger partial charge in [-0.1, -0.05) is 47.7 Å². The number of aromatic nitrogens is 1. The van der Waals surface area contributed by atoms with Crippen LogP contribution in [0.4, 0.5) is 19.6 Å². The number of nitrogens with zero attached hydrogens (tertiary/aromatic N) is 3. The van der Waals surface area contributed by atoms with E-state index in [2.05, 4.69) is 0 Å². The van der Waals surface area contributed by atoms with Crippen LogP contribution in [-0.2, 0) is 16.9 Å². The van der Waals surface area contributed by atoms with Gasteiger partial charge in [0.05, 0.1) is 40.0 Å². The summed E-state index contributed by atoms with van der Waals surface area (Å²) in [5, 5.41) is 0.0202. The number of ether oxygens (including phenoxy) is 1. The fraction of sp³-hybridized carbons (Fsp3) is 0.118. The number of fused-ring (bicyclic) bond motifs is 6. The van der Waals surface area contributed by atoms with Crippen molar-refractivity contribution in [1.82, 2.24) is 4.98 Å². The average Bonchev–Trinajstić information content (AvgIpc) is 3.64. The van der Waals surface area contributed by atoms with Gasteiger partial charge in [0.15, 0.2) is 16.1 Å². The molecule has 1 spiro atoms. The van der Waals surface area contributed by atoms with E-state index in [0.29, 0.717) is 33.8 Å². The number of para-hydroxylation sites is 1. The molecule has 0 aliphatic carbocycles. The van der Waals surface area contributed by atoms with E-state index < -0.39 is 34.4 Å². The Bertz CT molecular complexity index is 2300. The Kier molecular flexibility index (Phi) is 5.91. The second kappa shape index (κ2) is 9.80. The summed E-state index contributed by atoms with van der Waals surface area (Å²) in [7, 11) is 0. The van der Waals surface area contributed by atoms with Gasteiger partial charge in [-0.3, -0.25) is 19.3 Å². The SMILES string of the molecule is CCOc1ccc2nc(N3C(=O)c4oc5ccc(F)cc5c(=O)c4C34C(=O)N(Cc3ccccc3F)c3ccccc34)sc2c1.